The van der Waals surface area contributed by atoms with E-state index in [1.165, 1.54) is 122 Å². The summed E-state index contributed by atoms with van der Waals surface area (Å²) in [5.41, 5.74) is 0. The number of esters is 3. The third-order valence-electron chi connectivity index (χ3n) is 14.0. The molecule has 0 radical (unpaired) electrons. The van der Waals surface area contributed by atoms with Crippen molar-refractivity contribution < 1.29 is 52.2 Å². The molecule has 3 atom stereocenters. The van der Waals surface area contributed by atoms with Gasteiger partial charge in [-0.2, -0.15) is 0 Å². The van der Waals surface area contributed by atoms with E-state index in [-0.39, 0.29) is 25.9 Å². The topological polar surface area (TPSA) is 155 Å². The minimum Gasteiger partial charge on any atom is -0.462 e. The van der Waals surface area contributed by atoms with Crippen LogP contribution in [0.5, 0.6) is 0 Å². The molecule has 0 aromatic rings. The first kappa shape index (κ1) is 78.4. The molecule has 0 aliphatic rings. The zero-order chi connectivity index (χ0) is 59.8. The molecule has 0 aliphatic carbocycles. The summed E-state index contributed by atoms with van der Waals surface area (Å²) in [5.74, 6) is -1.53. The molecule has 82 heavy (non-hydrogen) atoms. The lowest BCUT2D eigenvalue weighted by Crippen LogP contribution is -2.30. The predicted molar refractivity (Wildman–Crippen MR) is 344 cm³/mol. The zero-order valence-electron chi connectivity index (χ0n) is 52.4. The highest BCUT2D eigenvalue weighted by atomic mass is 31.2. The maximum Gasteiger partial charge on any atom is 0.472 e. The lowest BCUT2D eigenvalue weighted by atomic mass is 10.0. The van der Waals surface area contributed by atoms with Crippen molar-refractivity contribution in [1.29, 1.82) is 0 Å². The van der Waals surface area contributed by atoms with Gasteiger partial charge in [-0.15, -0.1) is 0 Å². The maximum absolute atomic E-state index is 13.0. The van der Waals surface area contributed by atoms with Crippen molar-refractivity contribution in [2.45, 2.75) is 303 Å². The van der Waals surface area contributed by atoms with E-state index in [2.05, 4.69) is 106 Å². The van der Waals surface area contributed by atoms with Crippen LogP contribution in [0.25, 0.3) is 0 Å². The smallest absolute Gasteiger partial charge is 0.462 e. The second-order valence-electron chi connectivity index (χ2n) is 21.9. The molecule has 3 unspecified atom stereocenters. The molecular formula is C70H121O11P. The van der Waals surface area contributed by atoms with Crippen molar-refractivity contribution >= 4 is 25.7 Å². The lowest BCUT2D eigenvalue weighted by molar-refractivity contribution is -0.161. The van der Waals surface area contributed by atoms with Crippen molar-refractivity contribution in [3.8, 4) is 0 Å². The molecule has 0 aromatic carbocycles. The fraction of sp³-hybridized carbons (Fsp3) is 0.729. The van der Waals surface area contributed by atoms with Gasteiger partial charge in [0.05, 0.1) is 19.8 Å². The summed E-state index contributed by atoms with van der Waals surface area (Å²) >= 11 is 0. The Morgan fingerprint density at radius 2 is 0.646 bits per heavy atom. The molecule has 0 amide bonds. The van der Waals surface area contributed by atoms with E-state index in [4.69, 9.17) is 23.3 Å². The Morgan fingerprint density at radius 3 is 1.05 bits per heavy atom. The zero-order valence-corrected chi connectivity index (χ0v) is 53.3. The Kier molecular flexibility index (Phi) is 60.6. The van der Waals surface area contributed by atoms with Crippen LogP contribution in [0, 0.1) is 0 Å². The summed E-state index contributed by atoms with van der Waals surface area (Å²) in [7, 11) is -4.78. The highest BCUT2D eigenvalue weighted by Gasteiger charge is 2.28. The van der Waals surface area contributed by atoms with Gasteiger partial charge in [-0.05, 0) is 96.3 Å². The maximum atomic E-state index is 13.0. The van der Waals surface area contributed by atoms with E-state index < -0.39 is 57.8 Å². The van der Waals surface area contributed by atoms with Crippen LogP contribution < -0.4 is 0 Å². The number of ether oxygens (including phenoxy) is 3. The van der Waals surface area contributed by atoms with Crippen molar-refractivity contribution in [2.75, 3.05) is 26.4 Å². The van der Waals surface area contributed by atoms with E-state index in [0.717, 1.165) is 103 Å². The second kappa shape index (κ2) is 63.4. The summed E-state index contributed by atoms with van der Waals surface area (Å²) in [5, 5.41) is 9.85. The number of carbonyl (C=O) groups excluding carboxylic acids is 3. The number of hydrogen-bond acceptors (Lipinski definition) is 10. The van der Waals surface area contributed by atoms with Gasteiger partial charge in [-0.1, -0.05) is 272 Å². The summed E-state index contributed by atoms with van der Waals surface area (Å²) in [4.78, 5) is 48.8. The molecule has 0 bridgehead atoms. The van der Waals surface area contributed by atoms with E-state index in [0.29, 0.717) is 25.7 Å². The van der Waals surface area contributed by atoms with E-state index in [9.17, 15) is 28.9 Å². The molecule has 2 N–H and O–H groups in total. The molecule has 0 aliphatic heterocycles. The molecule has 0 aromatic heterocycles. The molecule has 0 saturated carbocycles. The van der Waals surface area contributed by atoms with Gasteiger partial charge in [-0.25, -0.2) is 4.57 Å². The van der Waals surface area contributed by atoms with Crippen LogP contribution in [0.3, 0.4) is 0 Å². The van der Waals surface area contributed by atoms with Crippen molar-refractivity contribution in [2.24, 2.45) is 0 Å². The third kappa shape index (κ3) is 61.0. The average molecular weight is 1170 g/mol. The van der Waals surface area contributed by atoms with Gasteiger partial charge in [0.2, 0.25) is 0 Å². The van der Waals surface area contributed by atoms with Gasteiger partial charge in [0.25, 0.3) is 0 Å². The Morgan fingerprint density at radius 1 is 0.354 bits per heavy atom. The molecule has 0 fully saturated rings. The van der Waals surface area contributed by atoms with Crippen LogP contribution in [0.4, 0.5) is 0 Å². The number of phosphoric ester groups is 1. The quantitative estimate of drug-likeness (QED) is 0.0197. The minimum absolute atomic E-state index is 0.0954. The number of hydrogen-bond donors (Lipinski definition) is 2. The molecule has 0 spiro atoms. The minimum atomic E-state index is -4.78. The number of aliphatic hydroxyl groups excluding tert-OH is 1. The van der Waals surface area contributed by atoms with Crippen molar-refractivity contribution in [3.63, 3.8) is 0 Å². The fourth-order valence-corrected chi connectivity index (χ4v) is 9.77. The van der Waals surface area contributed by atoms with E-state index in [1.54, 1.807) is 0 Å². The number of allylic oxidation sites excluding steroid dienone is 16. The number of aliphatic hydroxyl groups is 1. The molecule has 12 heteroatoms. The molecule has 472 valence electrons. The summed E-state index contributed by atoms with van der Waals surface area (Å²) in [6, 6.07) is 0. The van der Waals surface area contributed by atoms with Gasteiger partial charge < -0.3 is 24.2 Å². The number of phosphoric acid groups is 1. The highest BCUT2D eigenvalue weighted by Crippen LogP contribution is 2.43. The van der Waals surface area contributed by atoms with E-state index >= 15 is 0 Å². The largest absolute Gasteiger partial charge is 0.472 e. The Hall–Kier alpha value is -3.60. The van der Waals surface area contributed by atoms with Crippen LogP contribution in [-0.4, -0.2) is 66.5 Å². The molecule has 11 nitrogen and oxygen atoms in total. The molecule has 0 saturated heterocycles. The second-order valence-corrected chi connectivity index (χ2v) is 23.4. The number of rotatable bonds is 61. The predicted octanol–water partition coefficient (Wildman–Crippen LogP) is 20.4. The average Bonchev–Trinajstić information content (AvgIpc) is 3.49. The number of unbranched alkanes of at least 4 members (excludes halogenated alkanes) is 28. The first-order chi connectivity index (χ1) is 40.2. The van der Waals surface area contributed by atoms with Crippen LogP contribution in [-0.2, 0) is 42.2 Å². The summed E-state index contributed by atoms with van der Waals surface area (Å²) in [6.45, 7) is 4.47. The lowest BCUT2D eigenvalue weighted by Gasteiger charge is -2.21. The van der Waals surface area contributed by atoms with Crippen LogP contribution in [0.1, 0.15) is 290 Å². The monoisotopic (exact) mass is 1170 g/mol. The SMILES string of the molecule is CC/C=C\C/C=C\C/C=C\C/C=C\C/C=C\CCCC(=O)OC(CO)COP(=O)(O)OCC(COC(=O)CCCCCCCC/C=C\C/C=C\C/C=C\CCCCC)OC(=O)CCCCCCCCCCCCCCCCCCCCC. The Bertz CT molecular complexity index is 1750. The highest BCUT2D eigenvalue weighted by molar-refractivity contribution is 7.47. The van der Waals surface area contributed by atoms with Crippen molar-refractivity contribution in [3.05, 3.63) is 97.2 Å². The van der Waals surface area contributed by atoms with Crippen LogP contribution in [0.15, 0.2) is 97.2 Å². The first-order valence-corrected chi connectivity index (χ1v) is 34.6. The summed E-state index contributed by atoms with van der Waals surface area (Å²) < 4.78 is 39.7. The number of carbonyl (C=O) groups is 3. The normalized spacial score (nSPS) is 13.9. The van der Waals surface area contributed by atoms with Gasteiger partial charge in [0.15, 0.2) is 6.10 Å². The van der Waals surface area contributed by atoms with Gasteiger partial charge >= 0.3 is 25.7 Å². The molecule has 0 rings (SSSR count). The Balaban J connectivity index is 4.76. The van der Waals surface area contributed by atoms with Gasteiger partial charge in [0.1, 0.15) is 12.7 Å². The third-order valence-corrected chi connectivity index (χ3v) is 14.9. The van der Waals surface area contributed by atoms with Gasteiger partial charge in [0, 0.05) is 19.3 Å². The Labute approximate surface area is 502 Å². The van der Waals surface area contributed by atoms with Crippen LogP contribution in [0.2, 0.25) is 0 Å². The molecule has 0 heterocycles. The van der Waals surface area contributed by atoms with Crippen molar-refractivity contribution in [1.82, 2.24) is 0 Å². The first-order valence-electron chi connectivity index (χ1n) is 33.1. The summed E-state index contributed by atoms with van der Waals surface area (Å²) in [6.07, 6.45) is 76.5. The van der Waals surface area contributed by atoms with Gasteiger partial charge in [-0.3, -0.25) is 23.4 Å². The fourth-order valence-electron chi connectivity index (χ4n) is 8.99. The van der Waals surface area contributed by atoms with Crippen LogP contribution >= 0.6 is 7.82 Å². The standard InChI is InChI=1S/C70H121O11P/c1-4-7-10-13-16-19-22-25-28-31-33-36-38-41-44-47-50-53-56-59-68(72)77-63-67(81-70(74)61-58-55-52-49-46-43-40-37-34-32-29-26-23-20-17-14-11-8-5-2)65-79-82(75,76)78-64-66(62-71)80-69(73)60-57-54-51-48-45-42-39-35-30-27-24-21-18-15-12-9-6-3/h9,12,16,18-19,21,25,27-28,30,33,36,39,42,48,51,66-67,71H,4-8,10-11,13-15,17,20,22-24,26,29,31-32,34-35,37-38,40-41,43-47,49-50,52-65H2,1-3H3,(H,75,76)/b12-9-,19-16-,21-18-,28-25-,30-27-,36-33-,42-39-,51-48-. The molecular weight excluding hydrogens is 1050 g/mol. The van der Waals surface area contributed by atoms with E-state index in [1.807, 2.05) is 12.2 Å².